The zero-order valence-corrected chi connectivity index (χ0v) is 14.5. The SMILES string of the molecule is Nc1ncc(S(=O)(=O)Nc2c(Br)cccc2Br)cc1Cl. The molecule has 0 aliphatic heterocycles. The van der Waals surface area contributed by atoms with Crippen LogP contribution in [0.4, 0.5) is 11.5 Å². The minimum Gasteiger partial charge on any atom is -0.382 e. The third kappa shape index (κ3) is 3.25. The number of nitrogens with zero attached hydrogens (tertiary/aromatic N) is 1. The van der Waals surface area contributed by atoms with Gasteiger partial charge >= 0.3 is 0 Å². The normalized spacial score (nSPS) is 11.3. The second-order valence-corrected chi connectivity index (χ2v) is 7.54. The molecule has 0 unspecified atom stereocenters. The van der Waals surface area contributed by atoms with Gasteiger partial charge in [-0.25, -0.2) is 13.4 Å². The molecule has 5 nitrogen and oxygen atoms in total. The van der Waals surface area contributed by atoms with Gasteiger partial charge in [0.2, 0.25) is 0 Å². The summed E-state index contributed by atoms with van der Waals surface area (Å²) in [4.78, 5) is 3.66. The number of benzene rings is 1. The van der Waals surface area contributed by atoms with Gasteiger partial charge in [-0.3, -0.25) is 4.72 Å². The van der Waals surface area contributed by atoms with Crippen LogP contribution in [0.25, 0.3) is 0 Å². The van der Waals surface area contributed by atoms with Gasteiger partial charge in [-0.1, -0.05) is 17.7 Å². The Balaban J connectivity index is 2.43. The van der Waals surface area contributed by atoms with E-state index in [0.717, 1.165) is 6.20 Å². The Morgan fingerprint density at radius 1 is 1.25 bits per heavy atom. The fourth-order valence-electron chi connectivity index (χ4n) is 1.37. The van der Waals surface area contributed by atoms with E-state index in [9.17, 15) is 8.42 Å². The van der Waals surface area contributed by atoms with E-state index in [4.69, 9.17) is 17.3 Å². The van der Waals surface area contributed by atoms with Gasteiger partial charge in [0, 0.05) is 15.1 Å². The van der Waals surface area contributed by atoms with Crippen molar-refractivity contribution in [1.29, 1.82) is 0 Å². The lowest BCUT2D eigenvalue weighted by Gasteiger charge is -2.11. The molecule has 0 radical (unpaired) electrons. The number of rotatable bonds is 3. The van der Waals surface area contributed by atoms with Crippen LogP contribution in [0, 0.1) is 0 Å². The van der Waals surface area contributed by atoms with Crippen molar-refractivity contribution in [1.82, 2.24) is 4.98 Å². The third-order valence-corrected chi connectivity index (χ3v) is 5.30. The van der Waals surface area contributed by atoms with Crippen molar-refractivity contribution in [2.45, 2.75) is 4.90 Å². The molecular weight excluding hydrogens is 433 g/mol. The number of pyridine rings is 1. The van der Waals surface area contributed by atoms with Gasteiger partial charge in [0.05, 0.1) is 10.7 Å². The van der Waals surface area contributed by atoms with Crippen LogP contribution >= 0.6 is 43.5 Å². The second kappa shape index (κ2) is 5.88. The van der Waals surface area contributed by atoms with Gasteiger partial charge < -0.3 is 5.73 Å². The van der Waals surface area contributed by atoms with Crippen molar-refractivity contribution in [3.8, 4) is 0 Å². The molecule has 1 aromatic carbocycles. The monoisotopic (exact) mass is 439 g/mol. The van der Waals surface area contributed by atoms with E-state index >= 15 is 0 Å². The average Bonchev–Trinajstić information content (AvgIpc) is 2.37. The highest BCUT2D eigenvalue weighted by molar-refractivity contribution is 9.11. The summed E-state index contributed by atoms with van der Waals surface area (Å²) in [6, 6.07) is 6.46. The summed E-state index contributed by atoms with van der Waals surface area (Å²) in [6.45, 7) is 0. The number of halogens is 3. The summed E-state index contributed by atoms with van der Waals surface area (Å²) in [5.41, 5.74) is 5.85. The van der Waals surface area contributed by atoms with E-state index in [1.54, 1.807) is 18.2 Å². The smallest absolute Gasteiger partial charge is 0.263 e. The summed E-state index contributed by atoms with van der Waals surface area (Å²) in [6.07, 6.45) is 1.15. The summed E-state index contributed by atoms with van der Waals surface area (Å²) in [7, 11) is -3.81. The fourth-order valence-corrected chi connectivity index (χ4v) is 4.13. The Labute approximate surface area is 137 Å². The second-order valence-electron chi connectivity index (χ2n) is 3.74. The lowest BCUT2D eigenvalue weighted by atomic mass is 10.3. The molecule has 0 aliphatic carbocycles. The summed E-state index contributed by atoms with van der Waals surface area (Å²) in [5.74, 6) is 0.0766. The number of hydrogen-bond acceptors (Lipinski definition) is 4. The molecule has 2 aromatic rings. The number of para-hydroxylation sites is 1. The van der Waals surface area contributed by atoms with Crippen LogP contribution in [0.5, 0.6) is 0 Å². The Kier molecular flexibility index (Phi) is 4.58. The molecule has 2 rings (SSSR count). The maximum atomic E-state index is 12.3. The van der Waals surface area contributed by atoms with Crippen LogP contribution in [0.1, 0.15) is 0 Å². The number of aromatic nitrogens is 1. The molecule has 0 aliphatic rings. The quantitative estimate of drug-likeness (QED) is 0.762. The highest BCUT2D eigenvalue weighted by Gasteiger charge is 2.18. The van der Waals surface area contributed by atoms with Crippen molar-refractivity contribution in [2.24, 2.45) is 0 Å². The first-order valence-corrected chi connectivity index (χ1v) is 8.64. The number of anilines is 2. The van der Waals surface area contributed by atoms with Gasteiger partial charge in [0.15, 0.2) is 0 Å². The molecule has 0 saturated carbocycles. The lowest BCUT2D eigenvalue weighted by molar-refractivity contribution is 0.601. The average molecular weight is 442 g/mol. The number of sulfonamides is 1. The van der Waals surface area contributed by atoms with Gasteiger partial charge in [-0.05, 0) is 50.1 Å². The van der Waals surface area contributed by atoms with Crippen LogP contribution in [0.15, 0.2) is 44.3 Å². The molecule has 0 saturated heterocycles. The minimum atomic E-state index is -3.81. The number of nitrogen functional groups attached to an aromatic ring is 1. The maximum absolute atomic E-state index is 12.3. The Morgan fingerprint density at radius 2 is 1.85 bits per heavy atom. The van der Waals surface area contributed by atoms with Crippen LogP contribution in [-0.2, 0) is 10.0 Å². The Morgan fingerprint density at radius 3 is 2.40 bits per heavy atom. The van der Waals surface area contributed by atoms with Gasteiger partial charge in [-0.2, -0.15) is 0 Å². The number of hydrogen-bond donors (Lipinski definition) is 2. The standard InChI is InChI=1S/C11H8Br2ClN3O2S/c12-7-2-1-3-8(13)10(7)17-20(18,19)6-4-9(14)11(15)16-5-6/h1-5,17H,(H2,15,16). The molecule has 0 spiro atoms. The summed E-state index contributed by atoms with van der Waals surface area (Å²) < 4.78 is 28.2. The first kappa shape index (κ1) is 15.6. The van der Waals surface area contributed by atoms with Crippen LogP contribution in [-0.4, -0.2) is 13.4 Å². The predicted octanol–water partition coefficient (Wildman–Crippen LogP) is 3.64. The molecule has 0 bridgehead atoms. The number of nitrogens with two attached hydrogens (primary N) is 1. The topological polar surface area (TPSA) is 85.1 Å². The van der Waals surface area contributed by atoms with E-state index in [1.807, 2.05) is 0 Å². The molecule has 0 amide bonds. The van der Waals surface area contributed by atoms with Gasteiger partial charge in [0.25, 0.3) is 10.0 Å². The fraction of sp³-hybridized carbons (Fsp3) is 0. The third-order valence-electron chi connectivity index (χ3n) is 2.35. The highest BCUT2D eigenvalue weighted by Crippen LogP contribution is 2.32. The molecule has 106 valence electrons. The molecule has 9 heteroatoms. The van der Waals surface area contributed by atoms with Crippen LogP contribution in [0.3, 0.4) is 0 Å². The van der Waals surface area contributed by atoms with Crippen LogP contribution in [0.2, 0.25) is 5.02 Å². The van der Waals surface area contributed by atoms with Crippen molar-refractivity contribution >= 4 is 65.0 Å². The van der Waals surface area contributed by atoms with Crippen molar-refractivity contribution in [3.63, 3.8) is 0 Å². The zero-order valence-electron chi connectivity index (χ0n) is 9.77. The first-order valence-electron chi connectivity index (χ1n) is 5.19. The molecule has 20 heavy (non-hydrogen) atoms. The summed E-state index contributed by atoms with van der Waals surface area (Å²) in [5, 5.41) is 0.0825. The molecule has 3 N–H and O–H groups in total. The molecule has 1 aromatic heterocycles. The van der Waals surface area contributed by atoms with E-state index < -0.39 is 10.0 Å². The van der Waals surface area contributed by atoms with Crippen LogP contribution < -0.4 is 10.5 Å². The molecular formula is C11H8Br2ClN3O2S. The Bertz CT molecular complexity index is 748. The van der Waals surface area contributed by atoms with E-state index in [1.165, 1.54) is 6.07 Å². The molecule has 0 fully saturated rings. The first-order chi connectivity index (χ1) is 9.31. The van der Waals surface area contributed by atoms with E-state index in [0.29, 0.717) is 14.6 Å². The minimum absolute atomic E-state index is 0.0700. The van der Waals surface area contributed by atoms with E-state index in [2.05, 4.69) is 41.6 Å². The zero-order chi connectivity index (χ0) is 14.9. The van der Waals surface area contributed by atoms with Gasteiger partial charge in [-0.15, -0.1) is 0 Å². The largest absolute Gasteiger partial charge is 0.382 e. The van der Waals surface area contributed by atoms with E-state index in [-0.39, 0.29) is 15.7 Å². The maximum Gasteiger partial charge on any atom is 0.263 e. The Hall–Kier alpha value is -0.830. The number of nitrogens with one attached hydrogen (secondary N) is 1. The van der Waals surface area contributed by atoms with Crippen molar-refractivity contribution < 1.29 is 8.42 Å². The molecule has 1 heterocycles. The highest BCUT2D eigenvalue weighted by atomic mass is 79.9. The molecule has 0 atom stereocenters. The lowest BCUT2D eigenvalue weighted by Crippen LogP contribution is -2.14. The summed E-state index contributed by atoms with van der Waals surface area (Å²) >= 11 is 12.3. The van der Waals surface area contributed by atoms with Crippen molar-refractivity contribution in [2.75, 3.05) is 10.5 Å². The van der Waals surface area contributed by atoms with Gasteiger partial charge in [0.1, 0.15) is 10.7 Å². The van der Waals surface area contributed by atoms with Crippen molar-refractivity contribution in [3.05, 3.63) is 44.4 Å². The predicted molar refractivity (Wildman–Crippen MR) is 86.3 cm³/mol.